The molecule has 0 N–H and O–H groups in total. The molecule has 0 saturated carbocycles. The normalized spacial score (nSPS) is 10.5. The van der Waals surface area contributed by atoms with Gasteiger partial charge in [0.25, 0.3) is 5.69 Å². The number of nitro benzene ring substituents is 1. The zero-order valence-corrected chi connectivity index (χ0v) is 9.73. The average Bonchev–Trinajstić information content (AvgIpc) is 2.25. The van der Waals surface area contributed by atoms with Gasteiger partial charge in [-0.15, -0.1) is 0 Å². The summed E-state index contributed by atoms with van der Waals surface area (Å²) in [4.78, 5) is 10.3. The van der Waals surface area contributed by atoms with Gasteiger partial charge in [-0.1, -0.05) is 28.1 Å². The number of nitro groups is 1. The molecular weight excluding hydrogens is 262 g/mol. The van der Waals surface area contributed by atoms with Gasteiger partial charge in [-0.3, -0.25) is 10.1 Å². The molecule has 0 unspecified atom stereocenters. The maximum Gasteiger partial charge on any atom is 0.280 e. The Hall–Kier alpha value is -1.36. The number of allylic oxidation sites excluding steroid dienone is 1. The van der Waals surface area contributed by atoms with Gasteiger partial charge in [0.05, 0.1) is 17.6 Å². The molecule has 0 fully saturated rings. The van der Waals surface area contributed by atoms with Crippen molar-refractivity contribution in [2.45, 2.75) is 0 Å². The van der Waals surface area contributed by atoms with Crippen LogP contribution in [0, 0.1) is 10.1 Å². The van der Waals surface area contributed by atoms with Crippen molar-refractivity contribution in [2.24, 2.45) is 0 Å². The molecule has 15 heavy (non-hydrogen) atoms. The van der Waals surface area contributed by atoms with Crippen LogP contribution in [0.4, 0.5) is 5.69 Å². The lowest BCUT2D eigenvalue weighted by Gasteiger charge is -2.04. The Balaban J connectivity index is 3.26. The molecule has 4 nitrogen and oxygen atoms in total. The number of halogens is 1. The third kappa shape index (κ3) is 2.79. The molecule has 0 amide bonds. The molecule has 1 aromatic carbocycles. The van der Waals surface area contributed by atoms with Crippen LogP contribution in [0.3, 0.4) is 0 Å². The van der Waals surface area contributed by atoms with Crippen LogP contribution in [0.5, 0.6) is 5.75 Å². The molecule has 1 aromatic rings. The van der Waals surface area contributed by atoms with Crippen LogP contribution in [0.1, 0.15) is 5.56 Å². The maximum absolute atomic E-state index is 10.8. The lowest BCUT2D eigenvalue weighted by Crippen LogP contribution is -1.94. The summed E-state index contributed by atoms with van der Waals surface area (Å²) in [5.74, 6) is 0.501. The van der Waals surface area contributed by atoms with Crippen LogP contribution in [0.2, 0.25) is 0 Å². The maximum atomic E-state index is 10.8. The quantitative estimate of drug-likeness (QED) is 0.481. The number of rotatable bonds is 4. The van der Waals surface area contributed by atoms with E-state index in [4.69, 9.17) is 4.74 Å². The first kappa shape index (κ1) is 11.7. The second-order valence-electron chi connectivity index (χ2n) is 2.71. The molecule has 0 aliphatic carbocycles. The van der Waals surface area contributed by atoms with E-state index in [9.17, 15) is 10.1 Å². The monoisotopic (exact) mass is 271 g/mol. The lowest BCUT2D eigenvalue weighted by atomic mass is 10.1. The minimum absolute atomic E-state index is 0.0477. The number of methoxy groups -OCH3 is 1. The fourth-order valence-corrected chi connectivity index (χ4v) is 1.39. The van der Waals surface area contributed by atoms with Gasteiger partial charge in [0, 0.05) is 11.4 Å². The molecule has 0 aliphatic heterocycles. The number of hydrogen-bond donors (Lipinski definition) is 0. The number of benzene rings is 1. The van der Waals surface area contributed by atoms with Crippen LogP contribution in [0.15, 0.2) is 24.3 Å². The summed E-state index contributed by atoms with van der Waals surface area (Å²) in [7, 11) is 1.49. The average molecular weight is 272 g/mol. The van der Waals surface area contributed by atoms with Crippen molar-refractivity contribution in [1.29, 1.82) is 0 Å². The van der Waals surface area contributed by atoms with Crippen LogP contribution in [-0.2, 0) is 0 Å². The van der Waals surface area contributed by atoms with Crippen LogP contribution < -0.4 is 4.74 Å². The molecule has 80 valence electrons. The Morgan fingerprint density at radius 1 is 1.60 bits per heavy atom. The van der Waals surface area contributed by atoms with Crippen molar-refractivity contribution in [3.8, 4) is 5.75 Å². The Kier molecular flexibility index (Phi) is 4.30. The fourth-order valence-electron chi connectivity index (χ4n) is 1.20. The number of nitrogens with zero attached hydrogens (tertiary/aromatic N) is 1. The summed E-state index contributed by atoms with van der Waals surface area (Å²) < 4.78 is 5.06. The Morgan fingerprint density at radius 3 is 2.87 bits per heavy atom. The van der Waals surface area contributed by atoms with E-state index >= 15 is 0 Å². The van der Waals surface area contributed by atoms with E-state index in [0.29, 0.717) is 16.6 Å². The smallest absolute Gasteiger partial charge is 0.280 e. The van der Waals surface area contributed by atoms with E-state index in [2.05, 4.69) is 15.9 Å². The summed E-state index contributed by atoms with van der Waals surface area (Å²) in [5, 5.41) is 11.4. The standard InChI is InChI=1S/C10H10BrNO3/c1-15-10-6-2-5-9(12(13)14)8(10)4-3-7-11/h2-6H,7H2,1H3. The van der Waals surface area contributed by atoms with Gasteiger partial charge in [0.2, 0.25) is 0 Å². The van der Waals surface area contributed by atoms with Crippen LogP contribution >= 0.6 is 15.9 Å². The van der Waals surface area contributed by atoms with Gasteiger partial charge >= 0.3 is 0 Å². The number of ether oxygens (including phenoxy) is 1. The minimum atomic E-state index is -0.420. The van der Waals surface area contributed by atoms with Crippen molar-refractivity contribution in [3.05, 3.63) is 40.0 Å². The molecule has 0 atom stereocenters. The molecule has 1 rings (SSSR count). The van der Waals surface area contributed by atoms with Crippen LogP contribution in [-0.4, -0.2) is 17.4 Å². The summed E-state index contributed by atoms with van der Waals surface area (Å²) in [6, 6.07) is 4.75. The third-order valence-corrected chi connectivity index (χ3v) is 2.21. The Bertz CT molecular complexity index is 390. The summed E-state index contributed by atoms with van der Waals surface area (Å²) >= 11 is 3.22. The first-order valence-corrected chi connectivity index (χ1v) is 5.36. The molecular formula is C10H10BrNO3. The molecule has 0 spiro atoms. The van der Waals surface area contributed by atoms with E-state index in [0.717, 1.165) is 0 Å². The molecule has 5 heteroatoms. The third-order valence-electron chi connectivity index (χ3n) is 1.83. The van der Waals surface area contributed by atoms with Crippen molar-refractivity contribution in [1.82, 2.24) is 0 Å². The van der Waals surface area contributed by atoms with Crippen molar-refractivity contribution < 1.29 is 9.66 Å². The minimum Gasteiger partial charge on any atom is -0.496 e. The number of alkyl halides is 1. The zero-order chi connectivity index (χ0) is 11.3. The fraction of sp³-hybridized carbons (Fsp3) is 0.200. The Labute approximate surface area is 95.8 Å². The zero-order valence-electron chi connectivity index (χ0n) is 8.14. The highest BCUT2D eigenvalue weighted by Crippen LogP contribution is 2.29. The largest absolute Gasteiger partial charge is 0.496 e. The molecule has 0 radical (unpaired) electrons. The van der Waals surface area contributed by atoms with Crippen molar-refractivity contribution in [3.63, 3.8) is 0 Å². The van der Waals surface area contributed by atoms with E-state index in [1.807, 2.05) is 0 Å². The molecule has 0 heterocycles. The van der Waals surface area contributed by atoms with Crippen molar-refractivity contribution in [2.75, 3.05) is 12.4 Å². The van der Waals surface area contributed by atoms with Gasteiger partial charge in [-0.25, -0.2) is 0 Å². The molecule has 0 aliphatic rings. The SMILES string of the molecule is COc1cccc([N+](=O)[O-])c1C=CCBr. The highest BCUT2D eigenvalue weighted by Gasteiger charge is 2.14. The summed E-state index contributed by atoms with van der Waals surface area (Å²) in [5.41, 5.74) is 0.538. The Morgan fingerprint density at radius 2 is 2.33 bits per heavy atom. The first-order valence-electron chi connectivity index (χ1n) is 4.24. The highest BCUT2D eigenvalue weighted by molar-refractivity contribution is 9.09. The second-order valence-corrected chi connectivity index (χ2v) is 3.35. The van der Waals surface area contributed by atoms with Gasteiger partial charge in [0.15, 0.2) is 0 Å². The predicted molar refractivity (Wildman–Crippen MR) is 62.5 cm³/mol. The van der Waals surface area contributed by atoms with E-state index in [-0.39, 0.29) is 5.69 Å². The first-order chi connectivity index (χ1) is 7.20. The molecule has 0 saturated heterocycles. The number of hydrogen-bond acceptors (Lipinski definition) is 3. The van der Waals surface area contributed by atoms with Gasteiger partial charge in [0.1, 0.15) is 5.75 Å². The summed E-state index contributed by atoms with van der Waals surface area (Å²) in [6.07, 6.45) is 3.45. The van der Waals surface area contributed by atoms with E-state index < -0.39 is 4.92 Å². The topological polar surface area (TPSA) is 52.4 Å². The van der Waals surface area contributed by atoms with Gasteiger partial charge < -0.3 is 4.74 Å². The highest BCUT2D eigenvalue weighted by atomic mass is 79.9. The van der Waals surface area contributed by atoms with E-state index in [1.54, 1.807) is 24.3 Å². The molecule has 0 bridgehead atoms. The summed E-state index contributed by atoms with van der Waals surface area (Å²) in [6.45, 7) is 0. The predicted octanol–water partition coefficient (Wildman–Crippen LogP) is 3.01. The van der Waals surface area contributed by atoms with Crippen LogP contribution in [0.25, 0.3) is 6.08 Å². The molecule has 0 aromatic heterocycles. The van der Waals surface area contributed by atoms with E-state index in [1.165, 1.54) is 13.2 Å². The van der Waals surface area contributed by atoms with Gasteiger partial charge in [-0.2, -0.15) is 0 Å². The second kappa shape index (κ2) is 5.50. The van der Waals surface area contributed by atoms with Gasteiger partial charge in [-0.05, 0) is 12.1 Å². The van der Waals surface area contributed by atoms with Crippen molar-refractivity contribution >= 4 is 27.7 Å². The lowest BCUT2D eigenvalue weighted by molar-refractivity contribution is -0.385.